The fourth-order valence-corrected chi connectivity index (χ4v) is 3.35. The van der Waals surface area contributed by atoms with Gasteiger partial charge < -0.3 is 25.4 Å². The monoisotopic (exact) mass is 490 g/mol. The summed E-state index contributed by atoms with van der Waals surface area (Å²) in [5, 5.41) is 23.1. The predicted octanol–water partition coefficient (Wildman–Crippen LogP) is 5.72. The summed E-state index contributed by atoms with van der Waals surface area (Å²) in [5.74, 6) is 0.731. The molecule has 0 aliphatic rings. The molecule has 0 fully saturated rings. The topological polar surface area (TPSA) is 131 Å². The number of nitriles is 1. The maximum atomic E-state index is 12.2. The maximum absolute atomic E-state index is 12.2. The van der Waals surface area contributed by atoms with Gasteiger partial charge in [-0.3, -0.25) is 4.79 Å². The molecule has 3 rings (SSSR count). The molecule has 2 heterocycles. The molecular formula is C28H38N6O2. The molecule has 0 amide bonds. The lowest BCUT2D eigenvalue weighted by atomic mass is 10.1. The largest absolute Gasteiger partial charge is 0.447 e. The van der Waals surface area contributed by atoms with Crippen molar-refractivity contribution in [3.05, 3.63) is 88.0 Å². The number of hydrogen-bond acceptors (Lipinski definition) is 7. The van der Waals surface area contributed by atoms with Crippen LogP contribution in [0.5, 0.6) is 0 Å². The Morgan fingerprint density at radius 1 is 1.22 bits per heavy atom. The van der Waals surface area contributed by atoms with E-state index >= 15 is 0 Å². The van der Waals surface area contributed by atoms with Crippen LogP contribution >= 0.6 is 0 Å². The number of aromatic nitrogens is 2. The SMILES string of the molecule is C/C=C(\C=N)c1c[nH]c(=O)c(NCCC(NCCc2ccc(C#N)cc2)c2cnco2)c1.CC.CC. The number of rotatable bonds is 11. The van der Waals surface area contributed by atoms with Gasteiger partial charge in [-0.25, -0.2) is 4.98 Å². The van der Waals surface area contributed by atoms with Crippen molar-refractivity contribution < 1.29 is 4.42 Å². The number of allylic oxidation sites excluding steroid dienone is 2. The molecule has 1 atom stereocenters. The molecule has 3 aromatic rings. The van der Waals surface area contributed by atoms with Gasteiger partial charge in [0.2, 0.25) is 0 Å². The Morgan fingerprint density at radius 2 is 1.94 bits per heavy atom. The molecule has 0 bridgehead atoms. The van der Waals surface area contributed by atoms with Gasteiger partial charge in [-0.15, -0.1) is 0 Å². The Hall–Kier alpha value is -3.96. The van der Waals surface area contributed by atoms with Crippen LogP contribution in [0.1, 0.15) is 69.5 Å². The number of oxazole rings is 1. The first kappa shape index (κ1) is 30.1. The second-order valence-electron chi connectivity index (χ2n) is 7.20. The molecule has 8 nitrogen and oxygen atoms in total. The lowest BCUT2D eigenvalue weighted by molar-refractivity contribution is 0.401. The van der Waals surface area contributed by atoms with Crippen LogP contribution < -0.4 is 16.2 Å². The fraction of sp³-hybridized carbons (Fsp3) is 0.357. The van der Waals surface area contributed by atoms with Crippen molar-refractivity contribution in [3.63, 3.8) is 0 Å². The molecule has 2 aromatic heterocycles. The Balaban J connectivity index is 0.00000154. The van der Waals surface area contributed by atoms with Crippen molar-refractivity contribution in [2.24, 2.45) is 0 Å². The molecule has 192 valence electrons. The van der Waals surface area contributed by atoms with Crippen molar-refractivity contribution in [1.82, 2.24) is 15.3 Å². The summed E-state index contributed by atoms with van der Waals surface area (Å²) < 4.78 is 5.50. The molecule has 36 heavy (non-hydrogen) atoms. The van der Waals surface area contributed by atoms with Gasteiger partial charge in [-0.2, -0.15) is 5.26 Å². The number of hydrogen-bond donors (Lipinski definition) is 4. The normalized spacial score (nSPS) is 11.2. The minimum atomic E-state index is -0.209. The number of nitrogens with zero attached hydrogens (tertiary/aromatic N) is 2. The molecule has 0 saturated carbocycles. The second kappa shape index (κ2) is 17.5. The smallest absolute Gasteiger partial charge is 0.271 e. The van der Waals surface area contributed by atoms with Crippen LogP contribution in [0.3, 0.4) is 0 Å². The van der Waals surface area contributed by atoms with Crippen molar-refractivity contribution >= 4 is 17.5 Å². The molecule has 0 aliphatic carbocycles. The highest BCUT2D eigenvalue weighted by Gasteiger charge is 2.15. The summed E-state index contributed by atoms with van der Waals surface area (Å²) in [5.41, 5.74) is 3.54. The minimum absolute atomic E-state index is 0.0710. The van der Waals surface area contributed by atoms with Crippen molar-refractivity contribution in [2.45, 2.75) is 53.5 Å². The van der Waals surface area contributed by atoms with Crippen LogP contribution in [0.4, 0.5) is 5.69 Å². The molecule has 4 N–H and O–H groups in total. The van der Waals surface area contributed by atoms with Gasteiger partial charge in [0, 0.05) is 24.5 Å². The zero-order chi connectivity index (χ0) is 26.8. The van der Waals surface area contributed by atoms with Gasteiger partial charge in [-0.1, -0.05) is 45.9 Å². The third kappa shape index (κ3) is 9.35. The molecule has 0 spiro atoms. The summed E-state index contributed by atoms with van der Waals surface area (Å²) >= 11 is 0. The summed E-state index contributed by atoms with van der Waals surface area (Å²) in [6.07, 6.45) is 9.26. The Kier molecular flexibility index (Phi) is 14.6. The van der Waals surface area contributed by atoms with E-state index in [1.165, 1.54) is 12.6 Å². The summed E-state index contributed by atoms with van der Waals surface area (Å²) in [7, 11) is 0. The highest BCUT2D eigenvalue weighted by molar-refractivity contribution is 6.08. The first-order valence-electron chi connectivity index (χ1n) is 12.4. The summed E-state index contributed by atoms with van der Waals surface area (Å²) in [6.45, 7) is 11.1. The van der Waals surface area contributed by atoms with E-state index in [-0.39, 0.29) is 11.6 Å². The first-order valence-corrected chi connectivity index (χ1v) is 12.4. The fourth-order valence-electron chi connectivity index (χ4n) is 3.35. The number of benzene rings is 1. The maximum Gasteiger partial charge on any atom is 0.271 e. The van der Waals surface area contributed by atoms with E-state index in [1.807, 2.05) is 65.0 Å². The Labute approximate surface area is 214 Å². The second-order valence-corrected chi connectivity index (χ2v) is 7.20. The van der Waals surface area contributed by atoms with Crippen molar-refractivity contribution in [3.8, 4) is 6.07 Å². The molecule has 1 unspecified atom stereocenters. The predicted molar refractivity (Wildman–Crippen MR) is 147 cm³/mol. The van der Waals surface area contributed by atoms with Gasteiger partial charge in [0.15, 0.2) is 6.39 Å². The quantitative estimate of drug-likeness (QED) is 0.254. The Morgan fingerprint density at radius 3 is 2.53 bits per heavy atom. The average Bonchev–Trinajstić information content (AvgIpc) is 3.47. The lowest BCUT2D eigenvalue weighted by Gasteiger charge is -2.17. The molecular weight excluding hydrogens is 452 g/mol. The number of H-pyrrole nitrogens is 1. The van der Waals surface area contributed by atoms with Gasteiger partial charge in [-0.05, 0) is 55.6 Å². The molecule has 0 aliphatic heterocycles. The highest BCUT2D eigenvalue weighted by atomic mass is 16.3. The van der Waals surface area contributed by atoms with E-state index in [0.717, 1.165) is 35.4 Å². The lowest BCUT2D eigenvalue weighted by Crippen LogP contribution is -2.26. The minimum Gasteiger partial charge on any atom is -0.447 e. The average molecular weight is 491 g/mol. The summed E-state index contributed by atoms with van der Waals surface area (Å²) in [4.78, 5) is 18.9. The van der Waals surface area contributed by atoms with Crippen LogP contribution in [-0.4, -0.2) is 29.3 Å². The van der Waals surface area contributed by atoms with Crippen molar-refractivity contribution in [2.75, 3.05) is 18.4 Å². The van der Waals surface area contributed by atoms with E-state index < -0.39 is 0 Å². The molecule has 8 heteroatoms. The van der Waals surface area contributed by atoms with Gasteiger partial charge >= 0.3 is 0 Å². The number of nitrogens with one attached hydrogen (secondary N) is 4. The van der Waals surface area contributed by atoms with Gasteiger partial charge in [0.05, 0.1) is 23.9 Å². The molecule has 0 saturated heterocycles. The standard InChI is InChI=1S/C24H26N6O2.2C2H6/c1-2-19(13-26)20-11-22(24(31)30-14-20)29-10-8-21(23-15-27-16-32-23)28-9-7-17-3-5-18(12-25)6-4-17;2*1-2/h2-6,11,13-16,21,26,28-29H,7-10H2,1H3,(H,30,31);2*1-2H3/b19-2+,26-13?;;. The Bertz CT molecular complexity index is 1140. The van der Waals surface area contributed by atoms with Gasteiger partial charge in [0.1, 0.15) is 11.4 Å². The zero-order valence-corrected chi connectivity index (χ0v) is 21.9. The van der Waals surface area contributed by atoms with Crippen LogP contribution in [0, 0.1) is 16.7 Å². The number of aromatic amines is 1. The van der Waals surface area contributed by atoms with Crippen LogP contribution in [0.15, 0.2) is 64.4 Å². The highest BCUT2D eigenvalue weighted by Crippen LogP contribution is 2.18. The van der Waals surface area contributed by atoms with E-state index in [9.17, 15) is 4.79 Å². The van der Waals surface area contributed by atoms with Crippen LogP contribution in [0.25, 0.3) is 5.57 Å². The molecule has 0 radical (unpaired) electrons. The van der Waals surface area contributed by atoms with Gasteiger partial charge in [0.25, 0.3) is 5.56 Å². The van der Waals surface area contributed by atoms with E-state index in [4.69, 9.17) is 15.1 Å². The number of anilines is 1. The molecule has 1 aromatic carbocycles. The zero-order valence-electron chi connectivity index (χ0n) is 21.9. The van der Waals surface area contributed by atoms with E-state index in [0.29, 0.717) is 24.2 Å². The third-order valence-electron chi connectivity index (χ3n) is 5.13. The number of pyridine rings is 1. The van der Waals surface area contributed by atoms with E-state index in [2.05, 4.69) is 26.7 Å². The third-order valence-corrected chi connectivity index (χ3v) is 5.13. The van der Waals surface area contributed by atoms with Crippen LogP contribution in [0.2, 0.25) is 0 Å². The summed E-state index contributed by atoms with van der Waals surface area (Å²) in [6, 6.07) is 11.3. The van der Waals surface area contributed by atoms with E-state index in [1.54, 1.807) is 18.5 Å². The first-order chi connectivity index (χ1) is 17.6. The van der Waals surface area contributed by atoms with Crippen molar-refractivity contribution in [1.29, 1.82) is 10.7 Å². The van der Waals surface area contributed by atoms with Crippen LogP contribution in [-0.2, 0) is 6.42 Å².